The Hall–Kier alpha value is -1.14. The molecule has 0 saturated carbocycles. The van der Waals surface area contributed by atoms with Crippen LogP contribution in [0.3, 0.4) is 0 Å². The maximum atomic E-state index is 12.4. The Labute approximate surface area is 300 Å². The van der Waals surface area contributed by atoms with Crippen LogP contribution in [0.5, 0.6) is 0 Å². The van der Waals surface area contributed by atoms with Gasteiger partial charge in [-0.1, -0.05) is 120 Å². The van der Waals surface area contributed by atoms with Crippen LogP contribution in [0.15, 0.2) is 0 Å². The van der Waals surface area contributed by atoms with Crippen molar-refractivity contribution in [3.8, 4) is 0 Å². The summed E-state index contributed by atoms with van der Waals surface area (Å²) in [7, 11) is 4.34. The number of carbonyl (C=O) groups excluding carboxylic acids is 2. The van der Waals surface area contributed by atoms with Crippen molar-refractivity contribution < 1.29 is 19.1 Å². The fourth-order valence-electron chi connectivity index (χ4n) is 6.63. The van der Waals surface area contributed by atoms with Crippen LogP contribution in [-0.2, 0) is 19.1 Å². The summed E-state index contributed by atoms with van der Waals surface area (Å²) in [4.78, 5) is 29.7. The van der Waals surface area contributed by atoms with Gasteiger partial charge in [0.05, 0.1) is 0 Å². The predicted molar refractivity (Wildman–Crippen MR) is 206 cm³/mol. The fourth-order valence-corrected chi connectivity index (χ4v) is 6.63. The summed E-state index contributed by atoms with van der Waals surface area (Å²) in [6, 6.07) is 0. The van der Waals surface area contributed by atoms with E-state index in [1.807, 2.05) is 0 Å². The molecule has 6 nitrogen and oxygen atoms in total. The Morgan fingerprint density at radius 2 is 0.708 bits per heavy atom. The molecular weight excluding hydrogens is 596 g/mol. The zero-order valence-electron chi connectivity index (χ0n) is 34.0. The molecule has 0 aromatic rings. The van der Waals surface area contributed by atoms with E-state index in [0.29, 0.717) is 36.5 Å². The van der Waals surface area contributed by atoms with Gasteiger partial charge in [-0.3, -0.25) is 9.59 Å². The first-order valence-electron chi connectivity index (χ1n) is 20.5. The molecule has 0 bridgehead atoms. The van der Waals surface area contributed by atoms with Crippen LogP contribution in [0.2, 0.25) is 0 Å². The number of hydrogen-bond acceptors (Lipinski definition) is 6. The molecule has 0 aromatic carbocycles. The number of esters is 2. The second-order valence-electron chi connectivity index (χ2n) is 16.8. The van der Waals surface area contributed by atoms with Crippen LogP contribution in [0.1, 0.15) is 184 Å². The molecule has 0 unspecified atom stereocenters. The molecule has 0 N–H and O–H groups in total. The number of ether oxygens (including phenoxy) is 2. The van der Waals surface area contributed by atoms with E-state index in [4.69, 9.17) is 9.47 Å². The first kappa shape index (κ1) is 46.9. The van der Waals surface area contributed by atoms with Crippen molar-refractivity contribution in [2.75, 3.05) is 40.3 Å². The van der Waals surface area contributed by atoms with Gasteiger partial charge in [0.25, 0.3) is 0 Å². The number of unbranched alkanes of at least 4 members (excludes halogenated alkanes) is 12. The molecule has 6 heteroatoms. The summed E-state index contributed by atoms with van der Waals surface area (Å²) in [5.41, 5.74) is 0. The lowest BCUT2D eigenvalue weighted by Gasteiger charge is -2.24. The van der Waals surface area contributed by atoms with E-state index in [0.717, 1.165) is 64.5 Å². The molecule has 0 aromatic heterocycles. The molecule has 0 fully saturated rings. The fraction of sp³-hybridized carbons (Fsp3) is 0.952. The standard InChI is InChI=1S/C42H84N2O4/c1-35(2)31-39(32-36(3)4)47-41(45)25-21-17-13-11-15-19-23-27-44(30-29-43(9)10)28-24-20-16-12-14-18-22-26-42(46)48-40(33-37(5)6)34-38(7)8/h35-40H,11-34H2,1-10H3. The molecule has 0 aliphatic heterocycles. The van der Waals surface area contributed by atoms with Crippen molar-refractivity contribution >= 4 is 11.9 Å². The molecule has 0 amide bonds. The smallest absolute Gasteiger partial charge is 0.306 e. The second kappa shape index (κ2) is 30.7. The number of likely N-dealkylation sites (N-methyl/N-ethyl adjacent to an activating group) is 1. The van der Waals surface area contributed by atoms with Crippen LogP contribution in [0.25, 0.3) is 0 Å². The summed E-state index contributed by atoms with van der Waals surface area (Å²) in [5.74, 6) is 2.23. The number of hydrogen-bond donors (Lipinski definition) is 0. The van der Waals surface area contributed by atoms with Crippen molar-refractivity contribution in [2.24, 2.45) is 23.7 Å². The normalized spacial score (nSPS) is 12.3. The number of nitrogens with zero attached hydrogens (tertiary/aromatic N) is 2. The maximum absolute atomic E-state index is 12.4. The van der Waals surface area contributed by atoms with E-state index in [2.05, 4.69) is 79.3 Å². The van der Waals surface area contributed by atoms with E-state index >= 15 is 0 Å². The van der Waals surface area contributed by atoms with E-state index < -0.39 is 0 Å². The molecule has 0 heterocycles. The minimum atomic E-state index is 0.000704. The van der Waals surface area contributed by atoms with E-state index in [1.165, 1.54) is 77.3 Å². The van der Waals surface area contributed by atoms with Crippen LogP contribution >= 0.6 is 0 Å². The first-order valence-corrected chi connectivity index (χ1v) is 20.5. The first-order chi connectivity index (χ1) is 22.8. The van der Waals surface area contributed by atoms with Crippen molar-refractivity contribution in [1.82, 2.24) is 9.80 Å². The molecular formula is C42H84N2O4. The average molecular weight is 681 g/mol. The number of carbonyl (C=O) groups is 2. The van der Waals surface area contributed by atoms with Gasteiger partial charge in [-0.2, -0.15) is 0 Å². The molecule has 0 aliphatic carbocycles. The zero-order valence-corrected chi connectivity index (χ0v) is 34.0. The highest BCUT2D eigenvalue weighted by Crippen LogP contribution is 2.20. The number of rotatable bonds is 33. The van der Waals surface area contributed by atoms with Gasteiger partial charge in [0.1, 0.15) is 12.2 Å². The van der Waals surface area contributed by atoms with Gasteiger partial charge in [0, 0.05) is 25.9 Å². The Bertz CT molecular complexity index is 676. The van der Waals surface area contributed by atoms with Gasteiger partial charge in [0.15, 0.2) is 0 Å². The Balaban J connectivity index is 4.00. The molecule has 0 saturated heterocycles. The van der Waals surface area contributed by atoms with Crippen molar-refractivity contribution in [2.45, 2.75) is 196 Å². The highest BCUT2D eigenvalue weighted by Gasteiger charge is 2.18. The van der Waals surface area contributed by atoms with Crippen molar-refractivity contribution in [3.63, 3.8) is 0 Å². The lowest BCUT2D eigenvalue weighted by atomic mass is 9.98. The average Bonchev–Trinajstić information content (AvgIpc) is 2.96. The van der Waals surface area contributed by atoms with Crippen molar-refractivity contribution in [3.05, 3.63) is 0 Å². The molecule has 0 aliphatic rings. The van der Waals surface area contributed by atoms with E-state index in [1.54, 1.807) is 0 Å². The quantitative estimate of drug-likeness (QED) is 0.0508. The topological polar surface area (TPSA) is 59.1 Å². The summed E-state index contributed by atoms with van der Waals surface area (Å²) in [5, 5.41) is 0. The molecule has 0 spiro atoms. The third-order valence-corrected chi connectivity index (χ3v) is 9.11. The van der Waals surface area contributed by atoms with E-state index in [9.17, 15) is 9.59 Å². The molecule has 0 atom stereocenters. The monoisotopic (exact) mass is 681 g/mol. The lowest BCUT2D eigenvalue weighted by Crippen LogP contribution is -2.33. The Kier molecular flexibility index (Phi) is 29.9. The highest BCUT2D eigenvalue weighted by molar-refractivity contribution is 5.69. The van der Waals surface area contributed by atoms with Gasteiger partial charge in [-0.25, -0.2) is 0 Å². The van der Waals surface area contributed by atoms with Gasteiger partial charge in [-0.15, -0.1) is 0 Å². The minimum Gasteiger partial charge on any atom is -0.462 e. The van der Waals surface area contributed by atoms with Crippen LogP contribution < -0.4 is 0 Å². The van der Waals surface area contributed by atoms with Crippen molar-refractivity contribution in [1.29, 1.82) is 0 Å². The highest BCUT2D eigenvalue weighted by atomic mass is 16.5. The molecule has 0 rings (SSSR count). The van der Waals surface area contributed by atoms with Crippen LogP contribution in [0.4, 0.5) is 0 Å². The second-order valence-corrected chi connectivity index (χ2v) is 16.8. The third-order valence-electron chi connectivity index (χ3n) is 9.11. The summed E-state index contributed by atoms with van der Waals surface area (Å²) < 4.78 is 11.6. The molecule has 286 valence electrons. The summed E-state index contributed by atoms with van der Waals surface area (Å²) >= 11 is 0. The summed E-state index contributed by atoms with van der Waals surface area (Å²) in [6.45, 7) is 22.3. The van der Waals surface area contributed by atoms with Gasteiger partial charge in [-0.05, 0) is 102 Å². The van der Waals surface area contributed by atoms with Crippen LogP contribution in [0, 0.1) is 23.7 Å². The SMILES string of the molecule is CC(C)CC(CC(C)C)OC(=O)CCCCCCCCCN(CCCCCCCCCC(=O)OC(CC(C)C)CC(C)C)CCN(C)C. The predicted octanol–water partition coefficient (Wildman–Crippen LogP) is 11.1. The third kappa shape index (κ3) is 32.1. The maximum Gasteiger partial charge on any atom is 0.306 e. The van der Waals surface area contributed by atoms with Crippen LogP contribution in [-0.4, -0.2) is 74.2 Å². The zero-order chi connectivity index (χ0) is 36.2. The Morgan fingerprint density at radius 1 is 0.417 bits per heavy atom. The molecule has 0 radical (unpaired) electrons. The molecule has 48 heavy (non-hydrogen) atoms. The van der Waals surface area contributed by atoms with Gasteiger partial charge >= 0.3 is 11.9 Å². The lowest BCUT2D eigenvalue weighted by molar-refractivity contribution is -0.151. The largest absolute Gasteiger partial charge is 0.462 e. The van der Waals surface area contributed by atoms with Gasteiger partial charge < -0.3 is 19.3 Å². The minimum absolute atomic E-state index is 0.000704. The summed E-state index contributed by atoms with van der Waals surface area (Å²) in [6.07, 6.45) is 22.1. The Morgan fingerprint density at radius 3 is 1.00 bits per heavy atom. The van der Waals surface area contributed by atoms with E-state index in [-0.39, 0.29) is 24.1 Å². The van der Waals surface area contributed by atoms with Gasteiger partial charge in [0.2, 0.25) is 0 Å².